The lowest BCUT2D eigenvalue weighted by molar-refractivity contribution is 0.150. The van der Waals surface area contributed by atoms with Crippen molar-refractivity contribution in [1.29, 1.82) is 0 Å². The summed E-state index contributed by atoms with van der Waals surface area (Å²) in [5, 5.41) is 10.8. The molecule has 1 aliphatic heterocycles. The summed E-state index contributed by atoms with van der Waals surface area (Å²) in [5.74, 6) is 2.73. The summed E-state index contributed by atoms with van der Waals surface area (Å²) in [6.07, 6.45) is 6.42. The van der Waals surface area contributed by atoms with Gasteiger partial charge in [0.05, 0.1) is 24.5 Å². The topological polar surface area (TPSA) is 78.8 Å². The lowest BCUT2D eigenvalue weighted by atomic mass is 10.1. The minimum absolute atomic E-state index is 0.188. The number of aryl methyl sites for hydroxylation is 2. The number of guanidine groups is 1. The van der Waals surface area contributed by atoms with Gasteiger partial charge in [0.1, 0.15) is 11.5 Å². The highest BCUT2D eigenvalue weighted by Crippen LogP contribution is 2.25. The molecule has 1 aliphatic rings. The molecule has 7 heteroatoms. The lowest BCUT2D eigenvalue weighted by Crippen LogP contribution is -2.40. The zero-order chi connectivity index (χ0) is 19.8. The fourth-order valence-electron chi connectivity index (χ4n) is 3.78. The number of nitrogens with one attached hydrogen (secondary N) is 2. The zero-order valence-electron chi connectivity index (χ0n) is 17.3. The van der Waals surface area contributed by atoms with Crippen LogP contribution in [-0.4, -0.2) is 48.7 Å². The number of hydrogen-bond donors (Lipinski definition) is 2. The first kappa shape index (κ1) is 20.5. The third-order valence-electron chi connectivity index (χ3n) is 5.32. The fourth-order valence-corrected chi connectivity index (χ4v) is 3.78. The normalized spacial score (nSPS) is 16.9. The van der Waals surface area contributed by atoms with E-state index in [1.807, 2.05) is 19.9 Å². The van der Waals surface area contributed by atoms with Gasteiger partial charge in [0, 0.05) is 18.7 Å². The Balaban J connectivity index is 1.62. The predicted octanol–water partition coefficient (Wildman–Crippen LogP) is 3.21. The Morgan fingerprint density at radius 2 is 2.07 bits per heavy atom. The minimum atomic E-state index is 0.188. The highest BCUT2D eigenvalue weighted by Gasteiger charge is 2.24. The van der Waals surface area contributed by atoms with Gasteiger partial charge in [-0.2, -0.15) is 0 Å². The second-order valence-corrected chi connectivity index (χ2v) is 7.33. The van der Waals surface area contributed by atoms with Gasteiger partial charge < -0.3 is 19.6 Å². The van der Waals surface area contributed by atoms with Gasteiger partial charge in [-0.3, -0.25) is 9.89 Å². The maximum absolute atomic E-state index is 5.73. The van der Waals surface area contributed by atoms with Crippen molar-refractivity contribution in [3.8, 4) is 0 Å². The molecule has 154 valence electrons. The maximum atomic E-state index is 5.73. The molecular weight excluding hydrogens is 354 g/mol. The molecule has 1 fully saturated rings. The fraction of sp³-hybridized carbons (Fsp3) is 0.619. The molecule has 0 spiro atoms. The zero-order valence-corrected chi connectivity index (χ0v) is 17.3. The van der Waals surface area contributed by atoms with E-state index < -0.39 is 0 Å². The average Bonchev–Trinajstić information content (AvgIpc) is 3.34. The third kappa shape index (κ3) is 5.38. The third-order valence-corrected chi connectivity index (χ3v) is 5.32. The van der Waals surface area contributed by atoms with E-state index in [0.29, 0.717) is 6.54 Å². The van der Waals surface area contributed by atoms with Gasteiger partial charge in [0.25, 0.3) is 0 Å². The molecule has 0 aliphatic carbocycles. The highest BCUT2D eigenvalue weighted by molar-refractivity contribution is 5.79. The van der Waals surface area contributed by atoms with Crippen molar-refractivity contribution < 1.29 is 8.94 Å². The predicted molar refractivity (Wildman–Crippen MR) is 111 cm³/mol. The van der Waals surface area contributed by atoms with Crippen LogP contribution in [-0.2, 0) is 6.42 Å². The number of nitrogens with zero attached hydrogens (tertiary/aromatic N) is 3. The summed E-state index contributed by atoms with van der Waals surface area (Å²) >= 11 is 0. The van der Waals surface area contributed by atoms with Gasteiger partial charge in [-0.05, 0) is 65.3 Å². The van der Waals surface area contributed by atoms with E-state index in [9.17, 15) is 0 Å². The molecular formula is C21H33N5O2. The van der Waals surface area contributed by atoms with Crippen LogP contribution >= 0.6 is 0 Å². The van der Waals surface area contributed by atoms with Gasteiger partial charge >= 0.3 is 0 Å². The van der Waals surface area contributed by atoms with Crippen molar-refractivity contribution in [3.63, 3.8) is 0 Å². The van der Waals surface area contributed by atoms with Crippen molar-refractivity contribution in [2.45, 2.75) is 52.5 Å². The molecule has 3 rings (SSSR count). The molecule has 1 saturated heterocycles. The average molecular weight is 388 g/mol. The van der Waals surface area contributed by atoms with E-state index in [2.05, 4.69) is 33.7 Å². The Labute approximate surface area is 167 Å². The van der Waals surface area contributed by atoms with Gasteiger partial charge in [-0.25, -0.2) is 0 Å². The van der Waals surface area contributed by atoms with E-state index >= 15 is 0 Å². The maximum Gasteiger partial charge on any atom is 0.191 e. The van der Waals surface area contributed by atoms with Crippen molar-refractivity contribution >= 4 is 5.96 Å². The molecule has 2 N–H and O–H groups in total. The molecule has 0 radical (unpaired) electrons. The molecule has 0 aromatic carbocycles. The molecule has 0 bridgehead atoms. The van der Waals surface area contributed by atoms with Gasteiger partial charge in [0.15, 0.2) is 5.96 Å². The molecule has 2 aromatic rings. The van der Waals surface area contributed by atoms with Crippen LogP contribution in [0.4, 0.5) is 0 Å². The smallest absolute Gasteiger partial charge is 0.191 e. The standard InChI is InChI=1S/C21H33N5O2/c1-4-22-21(23-11-10-18-16(2)25-28-17(18)3)24-15-19(20-9-8-14-27-20)26-12-6-5-7-13-26/h8-9,14,19H,4-7,10-13,15H2,1-3H3,(H2,22,23,24). The first-order valence-corrected chi connectivity index (χ1v) is 10.4. The van der Waals surface area contributed by atoms with Crippen LogP contribution in [0.25, 0.3) is 0 Å². The minimum Gasteiger partial charge on any atom is -0.468 e. The van der Waals surface area contributed by atoms with Crippen LogP contribution in [0.15, 0.2) is 32.3 Å². The van der Waals surface area contributed by atoms with Gasteiger partial charge in [-0.15, -0.1) is 0 Å². The largest absolute Gasteiger partial charge is 0.468 e. The summed E-state index contributed by atoms with van der Waals surface area (Å²) in [6.45, 7) is 10.5. The summed E-state index contributed by atoms with van der Waals surface area (Å²) < 4.78 is 11.0. The number of aliphatic imine (C=N–C) groups is 1. The molecule has 1 unspecified atom stereocenters. The highest BCUT2D eigenvalue weighted by atomic mass is 16.5. The summed E-state index contributed by atoms with van der Waals surface area (Å²) in [6, 6.07) is 4.21. The Morgan fingerprint density at radius 3 is 2.71 bits per heavy atom. The molecule has 0 saturated carbocycles. The van der Waals surface area contributed by atoms with E-state index in [4.69, 9.17) is 13.9 Å². The van der Waals surface area contributed by atoms with Crippen LogP contribution in [0, 0.1) is 13.8 Å². The molecule has 0 amide bonds. The second kappa shape index (κ2) is 10.3. The first-order valence-electron chi connectivity index (χ1n) is 10.4. The SMILES string of the molecule is CCNC(=NCC(c1ccco1)N1CCCCC1)NCCc1c(C)noc1C. The first-order chi connectivity index (χ1) is 13.7. The molecule has 7 nitrogen and oxygen atoms in total. The van der Waals surface area contributed by atoms with Gasteiger partial charge in [0.2, 0.25) is 0 Å². The molecule has 1 atom stereocenters. The van der Waals surface area contributed by atoms with Crippen LogP contribution in [0.5, 0.6) is 0 Å². The molecule has 2 aromatic heterocycles. The van der Waals surface area contributed by atoms with Crippen LogP contribution in [0.1, 0.15) is 55.0 Å². The van der Waals surface area contributed by atoms with E-state index in [1.54, 1.807) is 6.26 Å². The van der Waals surface area contributed by atoms with E-state index in [1.165, 1.54) is 24.8 Å². The number of rotatable bonds is 8. The monoisotopic (exact) mass is 387 g/mol. The quantitative estimate of drug-likeness (QED) is 0.535. The molecule has 28 heavy (non-hydrogen) atoms. The van der Waals surface area contributed by atoms with Crippen molar-refractivity contribution in [2.75, 3.05) is 32.7 Å². The van der Waals surface area contributed by atoms with Crippen molar-refractivity contribution in [1.82, 2.24) is 20.7 Å². The number of piperidine rings is 1. The van der Waals surface area contributed by atoms with Crippen molar-refractivity contribution in [3.05, 3.63) is 41.2 Å². The number of furan rings is 1. The summed E-state index contributed by atoms with van der Waals surface area (Å²) in [5.41, 5.74) is 2.13. The van der Waals surface area contributed by atoms with Gasteiger partial charge in [-0.1, -0.05) is 11.6 Å². The molecule has 3 heterocycles. The van der Waals surface area contributed by atoms with Crippen molar-refractivity contribution in [2.24, 2.45) is 4.99 Å². The van der Waals surface area contributed by atoms with Crippen LogP contribution < -0.4 is 10.6 Å². The number of likely N-dealkylation sites (tertiary alicyclic amines) is 1. The number of hydrogen-bond acceptors (Lipinski definition) is 5. The Hall–Kier alpha value is -2.28. The Morgan fingerprint density at radius 1 is 1.25 bits per heavy atom. The summed E-state index contributed by atoms with van der Waals surface area (Å²) in [4.78, 5) is 7.36. The Kier molecular flexibility index (Phi) is 7.54. The Bertz CT molecular complexity index is 713. The van der Waals surface area contributed by atoms with E-state index in [-0.39, 0.29) is 6.04 Å². The van der Waals surface area contributed by atoms with E-state index in [0.717, 1.165) is 55.8 Å². The number of aromatic nitrogens is 1. The summed E-state index contributed by atoms with van der Waals surface area (Å²) in [7, 11) is 0. The van der Waals surface area contributed by atoms with Crippen LogP contribution in [0.3, 0.4) is 0 Å². The van der Waals surface area contributed by atoms with Crippen LogP contribution in [0.2, 0.25) is 0 Å². The second-order valence-electron chi connectivity index (χ2n) is 7.33. The lowest BCUT2D eigenvalue weighted by Gasteiger charge is -2.32.